The molecule has 0 radical (unpaired) electrons. The summed E-state index contributed by atoms with van der Waals surface area (Å²) >= 11 is 11.8. The number of carbonyl (C=O) groups excluding carboxylic acids is 2. The summed E-state index contributed by atoms with van der Waals surface area (Å²) in [6.07, 6.45) is -1.50. The molecule has 0 bridgehead atoms. The first-order valence-electron chi connectivity index (χ1n) is 7.58. The number of anilines is 1. The molecule has 2 rings (SSSR count). The first-order valence-corrected chi connectivity index (χ1v) is 8.34. The summed E-state index contributed by atoms with van der Waals surface area (Å²) in [6, 6.07) is 8.80. The molecule has 0 fully saturated rings. The van der Waals surface area contributed by atoms with Gasteiger partial charge in [-0.3, -0.25) is 9.59 Å². The average molecular weight is 400 g/mol. The van der Waals surface area contributed by atoms with Crippen LogP contribution in [-0.2, 0) is 20.7 Å². The number of esters is 1. The monoisotopic (exact) mass is 399 g/mol. The molecule has 0 saturated carbocycles. The maximum atomic E-state index is 13.7. The molecule has 2 aromatic rings. The third-order valence-electron chi connectivity index (χ3n) is 3.48. The minimum Gasteiger partial charge on any atom is -0.495 e. The molecule has 1 atom stereocenters. The first-order chi connectivity index (χ1) is 12.3. The molecular formula is C18H16Cl2FNO4. The van der Waals surface area contributed by atoms with Crippen molar-refractivity contribution in [1.82, 2.24) is 0 Å². The van der Waals surface area contributed by atoms with Crippen LogP contribution in [0.5, 0.6) is 5.75 Å². The summed E-state index contributed by atoms with van der Waals surface area (Å²) < 4.78 is 23.9. The Bertz CT molecular complexity index is 809. The maximum Gasteiger partial charge on any atom is 0.311 e. The highest BCUT2D eigenvalue weighted by molar-refractivity contribution is 6.31. The van der Waals surface area contributed by atoms with E-state index in [1.165, 1.54) is 38.3 Å². The Morgan fingerprint density at radius 1 is 1.23 bits per heavy atom. The number of ether oxygens (including phenoxy) is 2. The van der Waals surface area contributed by atoms with Crippen molar-refractivity contribution in [2.45, 2.75) is 19.4 Å². The van der Waals surface area contributed by atoms with E-state index in [0.29, 0.717) is 16.5 Å². The fourth-order valence-electron chi connectivity index (χ4n) is 2.15. The molecule has 5 nitrogen and oxygen atoms in total. The topological polar surface area (TPSA) is 64.6 Å². The van der Waals surface area contributed by atoms with Crippen LogP contribution in [-0.4, -0.2) is 25.1 Å². The molecule has 2 aromatic carbocycles. The van der Waals surface area contributed by atoms with Gasteiger partial charge in [-0.05, 0) is 37.3 Å². The van der Waals surface area contributed by atoms with Crippen molar-refractivity contribution < 1.29 is 23.5 Å². The van der Waals surface area contributed by atoms with E-state index in [4.69, 9.17) is 32.7 Å². The Morgan fingerprint density at radius 2 is 1.96 bits per heavy atom. The molecule has 0 heterocycles. The molecule has 1 amide bonds. The Kier molecular flexibility index (Phi) is 6.83. The molecule has 0 aliphatic heterocycles. The van der Waals surface area contributed by atoms with Gasteiger partial charge in [0.1, 0.15) is 11.6 Å². The Labute approximate surface area is 160 Å². The summed E-state index contributed by atoms with van der Waals surface area (Å²) in [4.78, 5) is 24.2. The summed E-state index contributed by atoms with van der Waals surface area (Å²) in [5.41, 5.74) is 0.355. The Morgan fingerprint density at radius 3 is 2.62 bits per heavy atom. The molecule has 1 N–H and O–H groups in total. The van der Waals surface area contributed by atoms with E-state index in [0.717, 1.165) is 0 Å². The fourth-order valence-corrected chi connectivity index (χ4v) is 2.55. The standard InChI is InChI=1S/C18H16Cl2FNO4/c1-10(18(24)22-15-8-11(19)6-7-16(15)25-2)26-17(23)9-12-13(20)4-3-5-14(12)21/h3-8,10H,9H2,1-2H3,(H,22,24)/t10-/m0/s1. The van der Waals surface area contributed by atoms with Crippen molar-refractivity contribution in [2.24, 2.45) is 0 Å². The summed E-state index contributed by atoms with van der Waals surface area (Å²) in [7, 11) is 1.44. The zero-order valence-corrected chi connectivity index (χ0v) is 15.5. The first kappa shape index (κ1) is 20.0. The highest BCUT2D eigenvalue weighted by Gasteiger charge is 2.21. The lowest BCUT2D eigenvalue weighted by Gasteiger charge is -2.15. The lowest BCUT2D eigenvalue weighted by atomic mass is 10.1. The SMILES string of the molecule is COc1ccc(Cl)cc1NC(=O)[C@H](C)OC(=O)Cc1c(F)cccc1Cl. The maximum absolute atomic E-state index is 13.7. The summed E-state index contributed by atoms with van der Waals surface area (Å²) in [5.74, 6) is -1.58. The van der Waals surface area contributed by atoms with Gasteiger partial charge in [-0.15, -0.1) is 0 Å². The van der Waals surface area contributed by atoms with Gasteiger partial charge >= 0.3 is 5.97 Å². The third kappa shape index (κ3) is 5.09. The Hall–Kier alpha value is -2.31. The molecule has 138 valence electrons. The van der Waals surface area contributed by atoms with E-state index < -0.39 is 23.8 Å². The van der Waals surface area contributed by atoms with Crippen molar-refractivity contribution in [3.05, 3.63) is 57.8 Å². The van der Waals surface area contributed by atoms with Crippen molar-refractivity contribution in [3.8, 4) is 5.75 Å². The molecule has 0 unspecified atom stereocenters. The van der Waals surface area contributed by atoms with E-state index in [-0.39, 0.29) is 17.0 Å². The van der Waals surface area contributed by atoms with Gasteiger partial charge < -0.3 is 14.8 Å². The van der Waals surface area contributed by atoms with Crippen LogP contribution >= 0.6 is 23.2 Å². The van der Waals surface area contributed by atoms with Crippen LogP contribution in [0.4, 0.5) is 10.1 Å². The van der Waals surface area contributed by atoms with E-state index >= 15 is 0 Å². The number of amides is 1. The minimum atomic E-state index is -1.11. The number of rotatable bonds is 6. The van der Waals surface area contributed by atoms with Crippen molar-refractivity contribution >= 4 is 40.8 Å². The quantitative estimate of drug-likeness (QED) is 0.737. The molecule has 0 aliphatic carbocycles. The number of hydrogen-bond acceptors (Lipinski definition) is 4. The second kappa shape index (κ2) is 8.87. The molecule has 0 spiro atoms. The molecular weight excluding hydrogens is 384 g/mol. The van der Waals surface area contributed by atoms with Crippen molar-refractivity contribution in [1.29, 1.82) is 0 Å². The number of benzene rings is 2. The predicted octanol–water partition coefficient (Wildman–Crippen LogP) is 4.25. The van der Waals surface area contributed by atoms with Gasteiger partial charge in [0.05, 0.1) is 19.2 Å². The van der Waals surface area contributed by atoms with Gasteiger partial charge in [0.25, 0.3) is 5.91 Å². The van der Waals surface area contributed by atoms with E-state index in [1.54, 1.807) is 12.1 Å². The zero-order chi connectivity index (χ0) is 19.3. The average Bonchev–Trinajstić information content (AvgIpc) is 2.58. The summed E-state index contributed by atoms with van der Waals surface area (Å²) in [5, 5.41) is 3.08. The second-order valence-corrected chi connectivity index (χ2v) is 6.19. The third-order valence-corrected chi connectivity index (χ3v) is 4.07. The molecule has 0 aliphatic rings. The fraction of sp³-hybridized carbons (Fsp3) is 0.222. The molecule has 8 heteroatoms. The molecule has 0 aromatic heterocycles. The van der Waals surface area contributed by atoms with Crippen LogP contribution in [0.15, 0.2) is 36.4 Å². The molecule has 26 heavy (non-hydrogen) atoms. The van der Waals surface area contributed by atoms with Gasteiger partial charge in [0, 0.05) is 15.6 Å². The second-order valence-electron chi connectivity index (χ2n) is 5.34. The smallest absolute Gasteiger partial charge is 0.311 e. The van der Waals surface area contributed by atoms with Crippen LogP contribution in [0.2, 0.25) is 10.0 Å². The van der Waals surface area contributed by atoms with Crippen molar-refractivity contribution in [3.63, 3.8) is 0 Å². The number of hydrogen-bond donors (Lipinski definition) is 1. The largest absolute Gasteiger partial charge is 0.495 e. The lowest BCUT2D eigenvalue weighted by Crippen LogP contribution is -2.30. The normalized spacial score (nSPS) is 11.6. The lowest BCUT2D eigenvalue weighted by molar-refractivity contribution is -0.152. The van der Waals surface area contributed by atoms with Crippen LogP contribution in [0.1, 0.15) is 12.5 Å². The van der Waals surface area contributed by atoms with Gasteiger partial charge in [0.2, 0.25) is 0 Å². The van der Waals surface area contributed by atoms with Crippen LogP contribution in [0.25, 0.3) is 0 Å². The summed E-state index contributed by atoms with van der Waals surface area (Å²) in [6.45, 7) is 1.40. The van der Waals surface area contributed by atoms with Crippen LogP contribution in [0, 0.1) is 5.82 Å². The molecule has 0 saturated heterocycles. The highest BCUT2D eigenvalue weighted by Crippen LogP contribution is 2.28. The van der Waals surface area contributed by atoms with Gasteiger partial charge in [-0.2, -0.15) is 0 Å². The van der Waals surface area contributed by atoms with E-state index in [2.05, 4.69) is 5.32 Å². The number of nitrogens with one attached hydrogen (secondary N) is 1. The van der Waals surface area contributed by atoms with Crippen molar-refractivity contribution in [2.75, 3.05) is 12.4 Å². The van der Waals surface area contributed by atoms with Gasteiger partial charge in [-0.25, -0.2) is 4.39 Å². The minimum absolute atomic E-state index is 0.0169. The van der Waals surface area contributed by atoms with Gasteiger partial charge in [0.15, 0.2) is 6.10 Å². The Balaban J connectivity index is 2.01. The predicted molar refractivity (Wildman–Crippen MR) is 97.3 cm³/mol. The van der Waals surface area contributed by atoms with Gasteiger partial charge in [-0.1, -0.05) is 29.3 Å². The number of methoxy groups -OCH3 is 1. The van der Waals surface area contributed by atoms with E-state index in [1.807, 2.05) is 0 Å². The zero-order valence-electron chi connectivity index (χ0n) is 14.0. The van der Waals surface area contributed by atoms with Crippen LogP contribution < -0.4 is 10.1 Å². The van der Waals surface area contributed by atoms with Crippen LogP contribution in [0.3, 0.4) is 0 Å². The highest BCUT2D eigenvalue weighted by atomic mass is 35.5. The number of halogens is 3. The number of carbonyl (C=O) groups is 2. The van der Waals surface area contributed by atoms with E-state index in [9.17, 15) is 14.0 Å².